The molecule has 0 atom stereocenters. The molecular formula is C16H22FNO. The molecule has 2 nitrogen and oxygen atoms in total. The van der Waals surface area contributed by atoms with Gasteiger partial charge in [-0.2, -0.15) is 0 Å². The number of benzene rings is 1. The van der Waals surface area contributed by atoms with E-state index in [0.717, 1.165) is 25.7 Å². The molecule has 1 aromatic rings. The van der Waals surface area contributed by atoms with Gasteiger partial charge in [-0.3, -0.25) is 9.69 Å². The number of carbonyl (C=O) groups excluding carboxylic acids is 1. The summed E-state index contributed by atoms with van der Waals surface area (Å²) < 4.78 is 13.0. The molecule has 0 N–H and O–H groups in total. The summed E-state index contributed by atoms with van der Waals surface area (Å²) in [6.45, 7) is 0. The first-order valence-electron chi connectivity index (χ1n) is 7.04. The van der Waals surface area contributed by atoms with Crippen molar-refractivity contribution in [1.29, 1.82) is 0 Å². The molecule has 0 spiro atoms. The van der Waals surface area contributed by atoms with Crippen LogP contribution in [0.5, 0.6) is 0 Å². The predicted molar refractivity (Wildman–Crippen MR) is 74.9 cm³/mol. The standard InChI is InChI=1S/C16H22FNO/c1-18(2)16(11-5-3-4-6-12-16)15(19)13-7-9-14(17)10-8-13/h7-10H,3-6,11-12H2,1-2H3. The molecular weight excluding hydrogens is 241 g/mol. The average Bonchev–Trinajstić information content (AvgIpc) is 2.65. The van der Waals surface area contributed by atoms with E-state index in [0.29, 0.717) is 5.56 Å². The highest BCUT2D eigenvalue weighted by Crippen LogP contribution is 2.34. The zero-order chi connectivity index (χ0) is 13.9. The SMILES string of the molecule is CN(C)C1(C(=O)c2ccc(F)cc2)CCCCCC1. The van der Waals surface area contributed by atoms with Crippen LogP contribution in [0.25, 0.3) is 0 Å². The summed E-state index contributed by atoms with van der Waals surface area (Å²) in [7, 11) is 3.96. The number of hydrogen-bond donors (Lipinski definition) is 0. The largest absolute Gasteiger partial charge is 0.297 e. The second-order valence-electron chi connectivity index (χ2n) is 5.68. The smallest absolute Gasteiger partial charge is 0.183 e. The third-order valence-electron chi connectivity index (χ3n) is 4.32. The molecule has 104 valence electrons. The van der Waals surface area contributed by atoms with Crippen molar-refractivity contribution in [2.75, 3.05) is 14.1 Å². The molecule has 0 amide bonds. The van der Waals surface area contributed by atoms with E-state index in [4.69, 9.17) is 0 Å². The number of nitrogens with zero attached hydrogens (tertiary/aromatic N) is 1. The minimum absolute atomic E-state index is 0.138. The Morgan fingerprint density at radius 1 is 1.05 bits per heavy atom. The maximum Gasteiger partial charge on any atom is 0.183 e. The fourth-order valence-corrected chi connectivity index (χ4v) is 3.06. The highest BCUT2D eigenvalue weighted by Gasteiger charge is 2.40. The van der Waals surface area contributed by atoms with Gasteiger partial charge in [0.25, 0.3) is 0 Å². The van der Waals surface area contributed by atoms with Crippen molar-refractivity contribution in [2.45, 2.75) is 44.1 Å². The predicted octanol–water partition coefficient (Wildman–Crippen LogP) is 3.66. The van der Waals surface area contributed by atoms with E-state index in [2.05, 4.69) is 4.90 Å². The van der Waals surface area contributed by atoms with Gasteiger partial charge in [0.05, 0.1) is 5.54 Å². The zero-order valence-electron chi connectivity index (χ0n) is 11.8. The summed E-state index contributed by atoms with van der Waals surface area (Å²) in [6.07, 6.45) is 6.38. The first kappa shape index (κ1) is 14.2. The van der Waals surface area contributed by atoms with E-state index in [1.807, 2.05) is 14.1 Å². The minimum atomic E-state index is -0.408. The Kier molecular flexibility index (Phi) is 4.35. The van der Waals surface area contributed by atoms with Gasteiger partial charge in [0.2, 0.25) is 0 Å². The van der Waals surface area contributed by atoms with Crippen molar-refractivity contribution in [3.05, 3.63) is 35.6 Å². The number of ketones is 1. The van der Waals surface area contributed by atoms with Crippen molar-refractivity contribution in [3.8, 4) is 0 Å². The number of carbonyl (C=O) groups is 1. The Hall–Kier alpha value is -1.22. The summed E-state index contributed by atoms with van der Waals surface area (Å²) in [6, 6.07) is 5.95. The fraction of sp³-hybridized carbons (Fsp3) is 0.562. The van der Waals surface area contributed by atoms with Crippen LogP contribution in [-0.2, 0) is 0 Å². The molecule has 0 saturated heterocycles. The number of likely N-dealkylation sites (N-methyl/N-ethyl adjacent to an activating group) is 1. The molecule has 1 saturated carbocycles. The molecule has 0 bridgehead atoms. The first-order chi connectivity index (χ1) is 9.06. The summed E-state index contributed by atoms with van der Waals surface area (Å²) in [5, 5.41) is 0. The minimum Gasteiger partial charge on any atom is -0.297 e. The lowest BCUT2D eigenvalue weighted by molar-refractivity contribution is 0.0635. The van der Waals surface area contributed by atoms with Gasteiger partial charge in [-0.25, -0.2) is 4.39 Å². The molecule has 1 fully saturated rings. The van der Waals surface area contributed by atoms with Crippen molar-refractivity contribution in [2.24, 2.45) is 0 Å². The zero-order valence-corrected chi connectivity index (χ0v) is 11.8. The van der Waals surface area contributed by atoms with Gasteiger partial charge in [0.15, 0.2) is 5.78 Å². The van der Waals surface area contributed by atoms with E-state index in [9.17, 15) is 9.18 Å². The van der Waals surface area contributed by atoms with Crippen LogP contribution in [0, 0.1) is 5.82 Å². The van der Waals surface area contributed by atoms with Crippen LogP contribution in [-0.4, -0.2) is 30.3 Å². The topological polar surface area (TPSA) is 20.3 Å². The van der Waals surface area contributed by atoms with Crippen LogP contribution in [0.4, 0.5) is 4.39 Å². The molecule has 1 aromatic carbocycles. The Labute approximate surface area is 114 Å². The maximum absolute atomic E-state index is 13.0. The van der Waals surface area contributed by atoms with Crippen LogP contribution < -0.4 is 0 Å². The summed E-state index contributed by atoms with van der Waals surface area (Å²) in [5.74, 6) is -0.157. The molecule has 0 unspecified atom stereocenters. The van der Waals surface area contributed by atoms with Crippen LogP contribution >= 0.6 is 0 Å². The summed E-state index contributed by atoms with van der Waals surface area (Å²) in [5.41, 5.74) is 0.214. The van der Waals surface area contributed by atoms with E-state index in [1.54, 1.807) is 12.1 Å². The number of halogens is 1. The van der Waals surface area contributed by atoms with E-state index < -0.39 is 5.54 Å². The first-order valence-corrected chi connectivity index (χ1v) is 7.04. The van der Waals surface area contributed by atoms with E-state index >= 15 is 0 Å². The molecule has 0 radical (unpaired) electrons. The van der Waals surface area contributed by atoms with Gasteiger partial charge < -0.3 is 0 Å². The fourth-order valence-electron chi connectivity index (χ4n) is 3.06. The molecule has 2 rings (SSSR count). The summed E-state index contributed by atoms with van der Waals surface area (Å²) in [4.78, 5) is 14.9. The van der Waals surface area contributed by atoms with Crippen LogP contribution in [0.1, 0.15) is 48.9 Å². The van der Waals surface area contributed by atoms with Crippen molar-refractivity contribution < 1.29 is 9.18 Å². The van der Waals surface area contributed by atoms with Gasteiger partial charge in [-0.05, 0) is 51.2 Å². The Morgan fingerprint density at radius 3 is 2.05 bits per heavy atom. The molecule has 0 aromatic heterocycles. The highest BCUT2D eigenvalue weighted by atomic mass is 19.1. The quantitative estimate of drug-likeness (QED) is 0.612. The van der Waals surface area contributed by atoms with Crippen molar-refractivity contribution >= 4 is 5.78 Å². The lowest BCUT2D eigenvalue weighted by Crippen LogP contribution is -2.50. The third-order valence-corrected chi connectivity index (χ3v) is 4.32. The van der Waals surface area contributed by atoms with Gasteiger partial charge in [0.1, 0.15) is 5.82 Å². The monoisotopic (exact) mass is 263 g/mol. The molecule has 0 heterocycles. The van der Waals surface area contributed by atoms with Gasteiger partial charge in [-0.1, -0.05) is 25.7 Å². The van der Waals surface area contributed by atoms with Gasteiger partial charge >= 0.3 is 0 Å². The number of rotatable bonds is 3. The van der Waals surface area contributed by atoms with Crippen LogP contribution in [0.2, 0.25) is 0 Å². The highest BCUT2D eigenvalue weighted by molar-refractivity contribution is 6.03. The van der Waals surface area contributed by atoms with Gasteiger partial charge in [0, 0.05) is 5.56 Å². The lowest BCUT2D eigenvalue weighted by Gasteiger charge is -2.38. The van der Waals surface area contributed by atoms with Crippen molar-refractivity contribution in [1.82, 2.24) is 4.90 Å². The maximum atomic E-state index is 13.0. The Morgan fingerprint density at radius 2 is 1.58 bits per heavy atom. The van der Waals surface area contributed by atoms with Crippen molar-refractivity contribution in [3.63, 3.8) is 0 Å². The number of hydrogen-bond acceptors (Lipinski definition) is 2. The van der Waals surface area contributed by atoms with Gasteiger partial charge in [-0.15, -0.1) is 0 Å². The summed E-state index contributed by atoms with van der Waals surface area (Å²) >= 11 is 0. The van der Waals surface area contributed by atoms with E-state index in [1.165, 1.54) is 25.0 Å². The molecule has 0 aliphatic heterocycles. The third kappa shape index (κ3) is 2.86. The normalized spacial score (nSPS) is 19.2. The lowest BCUT2D eigenvalue weighted by atomic mass is 9.81. The Bertz CT molecular complexity index is 431. The Balaban J connectivity index is 2.32. The average molecular weight is 263 g/mol. The number of Topliss-reactive ketones (excluding diaryl/α,β-unsaturated/α-hetero) is 1. The van der Waals surface area contributed by atoms with Crippen LogP contribution in [0.15, 0.2) is 24.3 Å². The second-order valence-corrected chi connectivity index (χ2v) is 5.68. The second kappa shape index (κ2) is 5.83. The molecule has 3 heteroatoms. The van der Waals surface area contributed by atoms with Crippen LogP contribution in [0.3, 0.4) is 0 Å². The molecule has 1 aliphatic carbocycles. The molecule has 19 heavy (non-hydrogen) atoms. The molecule has 1 aliphatic rings. The van der Waals surface area contributed by atoms with E-state index in [-0.39, 0.29) is 11.6 Å².